The van der Waals surface area contributed by atoms with Crippen LogP contribution >= 0.6 is 7.82 Å². The van der Waals surface area contributed by atoms with E-state index in [1.807, 2.05) is 0 Å². The Morgan fingerprint density at radius 2 is 0.648 bits per heavy atom. The number of ether oxygens (including phenoxy) is 2. The first kappa shape index (κ1) is 70.0. The summed E-state index contributed by atoms with van der Waals surface area (Å²) in [4.78, 5) is 33.8. The molecule has 0 heterocycles. The first-order valence-electron chi connectivity index (χ1n) is 31.1. The lowest BCUT2D eigenvalue weighted by Crippen LogP contribution is -2.34. The molecule has 0 aromatic carbocycles. The molecule has 424 valence electrons. The summed E-state index contributed by atoms with van der Waals surface area (Å²) in [7, 11) is -4.62. The van der Waals surface area contributed by atoms with Crippen LogP contribution in [0.5, 0.6) is 0 Å². The van der Waals surface area contributed by atoms with Gasteiger partial charge in [0.05, 0.1) is 19.8 Å². The van der Waals surface area contributed by atoms with Gasteiger partial charge in [-0.3, -0.25) is 18.6 Å². The zero-order valence-electron chi connectivity index (χ0n) is 47.1. The van der Waals surface area contributed by atoms with Crippen LogP contribution in [0.1, 0.15) is 335 Å². The minimum absolute atomic E-state index is 0.0268. The Morgan fingerprint density at radius 1 is 0.394 bits per heavy atom. The number of hydrogen-bond acceptors (Lipinski definition) is 8. The highest BCUT2D eigenvalue weighted by molar-refractivity contribution is 7.47. The largest absolute Gasteiger partial charge is 0.480 e. The fourth-order valence-electron chi connectivity index (χ4n) is 9.61. The minimum atomic E-state index is -4.62. The third-order valence-corrected chi connectivity index (χ3v) is 15.3. The normalized spacial score (nSPS) is 13.4. The Balaban J connectivity index is 3.90. The van der Waals surface area contributed by atoms with Crippen molar-refractivity contribution in [3.05, 3.63) is 0 Å². The van der Waals surface area contributed by atoms with E-state index in [9.17, 15) is 19.0 Å². The lowest BCUT2D eigenvalue weighted by Gasteiger charge is -2.20. The van der Waals surface area contributed by atoms with Crippen molar-refractivity contribution in [1.82, 2.24) is 0 Å². The van der Waals surface area contributed by atoms with Gasteiger partial charge in [0.15, 0.2) is 0 Å². The zero-order valence-corrected chi connectivity index (χ0v) is 48.0. The molecule has 0 radical (unpaired) electrons. The number of aliphatic carboxylic acids is 1. The molecule has 0 aliphatic carbocycles. The van der Waals surface area contributed by atoms with E-state index in [1.54, 1.807) is 0 Å². The van der Waals surface area contributed by atoms with Gasteiger partial charge in [0.2, 0.25) is 0 Å². The topological polar surface area (TPSA) is 155 Å². The fraction of sp³-hybridized carbons (Fsp3) is 0.967. The molecule has 11 heteroatoms. The number of phosphoric ester groups is 1. The Hall–Kier alpha value is -1.03. The van der Waals surface area contributed by atoms with Crippen LogP contribution in [0.3, 0.4) is 0 Å². The molecule has 10 nitrogen and oxygen atoms in total. The Morgan fingerprint density at radius 3 is 0.930 bits per heavy atom. The molecule has 0 rings (SSSR count). The lowest BCUT2D eigenvalue weighted by molar-refractivity contribution is -0.154. The van der Waals surface area contributed by atoms with E-state index in [0.29, 0.717) is 6.61 Å². The maximum absolute atomic E-state index is 12.8. The zero-order chi connectivity index (χ0) is 51.8. The summed E-state index contributed by atoms with van der Waals surface area (Å²) in [5.41, 5.74) is 5.39. The van der Waals surface area contributed by atoms with Gasteiger partial charge in [-0.05, 0) is 12.8 Å². The predicted octanol–water partition coefficient (Wildman–Crippen LogP) is 19.0. The van der Waals surface area contributed by atoms with Gasteiger partial charge in [-0.25, -0.2) is 4.57 Å². The Bertz CT molecular complexity index is 1150. The van der Waals surface area contributed by atoms with Gasteiger partial charge in [0, 0.05) is 13.0 Å². The summed E-state index contributed by atoms with van der Waals surface area (Å²) in [5, 5.41) is 8.96. The average molecular weight is 1030 g/mol. The first-order valence-corrected chi connectivity index (χ1v) is 32.6. The van der Waals surface area contributed by atoms with E-state index in [2.05, 4.69) is 13.8 Å². The van der Waals surface area contributed by atoms with Crippen molar-refractivity contribution in [2.24, 2.45) is 5.73 Å². The van der Waals surface area contributed by atoms with Crippen molar-refractivity contribution < 1.29 is 42.7 Å². The lowest BCUT2D eigenvalue weighted by atomic mass is 10.0. The molecule has 71 heavy (non-hydrogen) atoms. The predicted molar refractivity (Wildman–Crippen MR) is 300 cm³/mol. The number of hydrogen-bond donors (Lipinski definition) is 3. The van der Waals surface area contributed by atoms with Crippen molar-refractivity contribution in [3.63, 3.8) is 0 Å². The van der Waals surface area contributed by atoms with Crippen molar-refractivity contribution in [1.29, 1.82) is 0 Å². The molecule has 1 unspecified atom stereocenters. The van der Waals surface area contributed by atoms with Crippen LogP contribution in [-0.2, 0) is 32.7 Å². The van der Waals surface area contributed by atoms with Crippen LogP contribution in [0.15, 0.2) is 0 Å². The van der Waals surface area contributed by atoms with E-state index in [0.717, 1.165) is 38.5 Å². The third-order valence-electron chi connectivity index (χ3n) is 14.4. The highest BCUT2D eigenvalue weighted by Gasteiger charge is 2.27. The quantitative estimate of drug-likeness (QED) is 0.0305. The molecule has 0 aromatic rings. The Kier molecular flexibility index (Phi) is 55.9. The van der Waals surface area contributed by atoms with Crippen molar-refractivity contribution in [2.75, 3.05) is 26.4 Å². The third kappa shape index (κ3) is 56.5. The van der Waals surface area contributed by atoms with Crippen LogP contribution in [0.2, 0.25) is 0 Å². The molecule has 3 atom stereocenters. The standard InChI is InChI=1S/C60H120NO9P/c1-3-5-7-9-11-13-15-17-19-21-23-24-25-26-27-28-29-30-31-32-33-34-35-36-38-40-42-44-46-48-50-52-59(62)70-57(55-68-71(65,66)69-56-58(61)60(63)64)54-67-53-51-49-47-45-43-41-39-37-22-20-18-16-14-12-10-8-6-4-2/h57-58H,3-56,61H2,1-2H3,(H,63,64)(H,65,66)/t57-,58+/m1/s1. The van der Waals surface area contributed by atoms with E-state index in [4.69, 9.17) is 29.4 Å². The summed E-state index contributed by atoms with van der Waals surface area (Å²) in [5.74, 6) is -1.76. The number of phosphoric acid groups is 1. The number of rotatable bonds is 61. The number of carbonyl (C=O) groups excluding carboxylic acids is 1. The summed E-state index contributed by atoms with van der Waals surface area (Å²) in [6.07, 6.45) is 64.8. The first-order chi connectivity index (χ1) is 34.7. The maximum atomic E-state index is 12.8. The van der Waals surface area contributed by atoms with Crippen LogP contribution in [0, 0.1) is 0 Å². The van der Waals surface area contributed by atoms with Crippen LogP contribution in [-0.4, -0.2) is 60.5 Å². The highest BCUT2D eigenvalue weighted by atomic mass is 31.2. The molecule has 4 N–H and O–H groups in total. The summed E-state index contributed by atoms with van der Waals surface area (Å²) in [6, 6.07) is -1.47. The van der Waals surface area contributed by atoms with E-state index in [-0.39, 0.29) is 13.0 Å². The number of carboxylic acids is 1. The van der Waals surface area contributed by atoms with Gasteiger partial charge >= 0.3 is 19.8 Å². The molecule has 0 fully saturated rings. The molecule has 0 spiro atoms. The summed E-state index contributed by atoms with van der Waals surface area (Å²) in [6.45, 7) is 3.98. The molecule has 0 aliphatic heterocycles. The van der Waals surface area contributed by atoms with Crippen molar-refractivity contribution >= 4 is 19.8 Å². The van der Waals surface area contributed by atoms with Gasteiger partial charge in [0.1, 0.15) is 12.1 Å². The van der Waals surface area contributed by atoms with Crippen molar-refractivity contribution in [2.45, 2.75) is 347 Å². The number of carbonyl (C=O) groups is 2. The molecule has 0 saturated carbocycles. The molecular weight excluding hydrogens is 910 g/mol. The summed E-state index contributed by atoms with van der Waals surface area (Å²) >= 11 is 0. The average Bonchev–Trinajstić information content (AvgIpc) is 3.35. The molecule has 0 saturated heterocycles. The van der Waals surface area contributed by atoms with E-state index in [1.165, 1.54) is 276 Å². The maximum Gasteiger partial charge on any atom is 0.472 e. The molecule has 0 aromatic heterocycles. The number of unbranched alkanes of at least 4 members (excludes halogenated alkanes) is 47. The molecular formula is C60H120NO9P. The molecule has 0 aliphatic rings. The van der Waals surface area contributed by atoms with Crippen LogP contribution in [0.25, 0.3) is 0 Å². The second-order valence-electron chi connectivity index (χ2n) is 21.6. The van der Waals surface area contributed by atoms with Crippen LogP contribution in [0.4, 0.5) is 0 Å². The van der Waals surface area contributed by atoms with E-state index < -0.39 is 45.1 Å². The van der Waals surface area contributed by atoms with Gasteiger partial charge in [-0.2, -0.15) is 0 Å². The number of nitrogens with two attached hydrogens (primary N) is 1. The molecule has 0 amide bonds. The Labute approximate surface area is 440 Å². The van der Waals surface area contributed by atoms with Gasteiger partial charge in [0.25, 0.3) is 0 Å². The monoisotopic (exact) mass is 1030 g/mol. The summed E-state index contributed by atoms with van der Waals surface area (Å²) < 4.78 is 33.7. The number of carboxylic acid groups (broad SMARTS) is 1. The second-order valence-corrected chi connectivity index (χ2v) is 23.0. The number of esters is 1. The second kappa shape index (κ2) is 56.7. The van der Waals surface area contributed by atoms with Crippen LogP contribution < -0.4 is 5.73 Å². The smallest absolute Gasteiger partial charge is 0.472 e. The van der Waals surface area contributed by atoms with Gasteiger partial charge in [-0.1, -0.05) is 316 Å². The minimum Gasteiger partial charge on any atom is -0.480 e. The fourth-order valence-corrected chi connectivity index (χ4v) is 10.4. The van der Waals surface area contributed by atoms with Gasteiger partial charge in [-0.15, -0.1) is 0 Å². The van der Waals surface area contributed by atoms with E-state index >= 15 is 0 Å². The molecule has 0 bridgehead atoms. The highest BCUT2D eigenvalue weighted by Crippen LogP contribution is 2.43. The van der Waals surface area contributed by atoms with Crippen molar-refractivity contribution in [3.8, 4) is 0 Å². The van der Waals surface area contributed by atoms with Gasteiger partial charge < -0.3 is 25.2 Å². The SMILES string of the molecule is CCCCCCCCCCCCCCCCCCCCCCCCCCCCCCCCCC(=O)O[C@H](COCCCCCCCCCCCCCCCCCCCC)COP(=O)(O)OC[C@H](N)C(=O)O.